The van der Waals surface area contributed by atoms with Gasteiger partial charge in [-0.2, -0.15) is 4.98 Å². The van der Waals surface area contributed by atoms with Crippen LogP contribution in [0.2, 0.25) is 0 Å². The topological polar surface area (TPSA) is 95.4 Å². The van der Waals surface area contributed by atoms with Gasteiger partial charge in [0, 0.05) is 18.4 Å². The molecule has 0 atom stereocenters. The van der Waals surface area contributed by atoms with E-state index in [1.54, 1.807) is 18.2 Å². The van der Waals surface area contributed by atoms with Gasteiger partial charge >= 0.3 is 5.22 Å². The van der Waals surface area contributed by atoms with Crippen molar-refractivity contribution >= 4 is 26.6 Å². The molecule has 0 saturated heterocycles. The minimum Gasteiger partial charge on any atom is -0.428 e. The van der Waals surface area contributed by atoms with Crippen LogP contribution in [0.4, 0.5) is 5.69 Å². The van der Waals surface area contributed by atoms with Crippen molar-refractivity contribution in [3.63, 3.8) is 0 Å². The molecule has 0 fully saturated rings. The summed E-state index contributed by atoms with van der Waals surface area (Å²) >= 11 is 0. The van der Waals surface area contributed by atoms with Crippen molar-refractivity contribution in [1.29, 1.82) is 0 Å². The van der Waals surface area contributed by atoms with E-state index in [0.29, 0.717) is 29.3 Å². The van der Waals surface area contributed by atoms with Crippen molar-refractivity contribution in [1.82, 2.24) is 4.98 Å². The Balaban J connectivity index is 2.11. The maximum Gasteiger partial charge on any atom is 0.316 e. The Morgan fingerprint density at radius 2 is 2.15 bits per heavy atom. The number of fused-ring (bicyclic) bond motifs is 1. The van der Waals surface area contributed by atoms with Crippen molar-refractivity contribution in [3.05, 3.63) is 18.2 Å². The van der Waals surface area contributed by atoms with Crippen LogP contribution in [0, 0.1) is 5.92 Å². The van der Waals surface area contributed by atoms with Crippen molar-refractivity contribution in [2.75, 3.05) is 24.7 Å². The van der Waals surface area contributed by atoms with Crippen molar-refractivity contribution < 1.29 is 17.6 Å². The first-order valence-corrected chi connectivity index (χ1v) is 8.00. The molecule has 0 spiro atoms. The van der Waals surface area contributed by atoms with Crippen molar-refractivity contribution in [2.45, 2.75) is 19.1 Å². The molecule has 20 heavy (non-hydrogen) atoms. The van der Waals surface area contributed by atoms with Crippen LogP contribution in [0.1, 0.15) is 13.8 Å². The number of nitrogen functional groups attached to an aromatic ring is 1. The molecular weight excluding hydrogens is 280 g/mol. The monoisotopic (exact) mass is 298 g/mol. The number of hydrogen-bond donors (Lipinski definition) is 1. The Morgan fingerprint density at radius 3 is 2.85 bits per heavy atom. The lowest BCUT2D eigenvalue weighted by Crippen LogP contribution is -2.14. The van der Waals surface area contributed by atoms with Crippen molar-refractivity contribution in [2.24, 2.45) is 5.92 Å². The third kappa shape index (κ3) is 3.49. The van der Waals surface area contributed by atoms with E-state index in [0.717, 1.165) is 0 Å². The summed E-state index contributed by atoms with van der Waals surface area (Å²) < 4.78 is 34.7. The molecule has 0 aliphatic heterocycles. The van der Waals surface area contributed by atoms with Gasteiger partial charge in [-0.05, 0) is 18.1 Å². The van der Waals surface area contributed by atoms with E-state index >= 15 is 0 Å². The largest absolute Gasteiger partial charge is 0.428 e. The highest BCUT2D eigenvalue weighted by atomic mass is 32.2. The molecule has 2 aromatic rings. The Labute approximate surface area is 117 Å². The number of ether oxygens (including phenoxy) is 1. The third-order valence-corrected chi connectivity index (χ3v) is 4.02. The smallest absolute Gasteiger partial charge is 0.316 e. The summed E-state index contributed by atoms with van der Waals surface area (Å²) in [7, 11) is -3.58. The molecule has 110 valence electrons. The average molecular weight is 298 g/mol. The predicted molar refractivity (Wildman–Crippen MR) is 76.1 cm³/mol. The first-order valence-electron chi connectivity index (χ1n) is 6.35. The lowest BCUT2D eigenvalue weighted by atomic mass is 10.2. The summed E-state index contributed by atoms with van der Waals surface area (Å²) in [5.74, 6) is 0.215. The molecule has 1 aromatic heterocycles. The van der Waals surface area contributed by atoms with Crippen LogP contribution in [0.25, 0.3) is 11.1 Å². The van der Waals surface area contributed by atoms with Gasteiger partial charge < -0.3 is 14.9 Å². The molecule has 2 rings (SSSR count). The first kappa shape index (κ1) is 14.8. The molecule has 7 heteroatoms. The number of rotatable bonds is 6. The Hall–Kier alpha value is -1.60. The molecule has 0 bridgehead atoms. The fourth-order valence-electron chi connectivity index (χ4n) is 1.63. The highest BCUT2D eigenvalue weighted by molar-refractivity contribution is 7.91. The molecule has 0 aliphatic carbocycles. The van der Waals surface area contributed by atoms with Crippen LogP contribution < -0.4 is 5.73 Å². The van der Waals surface area contributed by atoms with Crippen LogP contribution in [-0.2, 0) is 14.6 Å². The average Bonchev–Trinajstić information content (AvgIpc) is 2.78. The number of sulfone groups is 1. The van der Waals surface area contributed by atoms with E-state index in [-0.39, 0.29) is 17.6 Å². The summed E-state index contributed by atoms with van der Waals surface area (Å²) in [6.45, 7) is 4.65. The molecular formula is C13H18N2O4S. The Kier molecular flexibility index (Phi) is 4.29. The number of nitrogens with zero attached hydrogens (tertiary/aromatic N) is 1. The summed E-state index contributed by atoms with van der Waals surface area (Å²) in [5.41, 5.74) is 6.95. The normalized spacial score (nSPS) is 12.3. The standard InChI is InChI=1S/C13H18N2O4S/c1-9(2)8-18-5-6-20(16,17)13-15-11-4-3-10(14)7-12(11)19-13/h3-4,7,9H,5-6,8,14H2,1-2H3. The maximum absolute atomic E-state index is 12.1. The van der Waals surface area contributed by atoms with Gasteiger partial charge in [-0.15, -0.1) is 0 Å². The van der Waals surface area contributed by atoms with Gasteiger partial charge in [0.15, 0.2) is 5.58 Å². The molecule has 0 aliphatic rings. The van der Waals surface area contributed by atoms with Crippen molar-refractivity contribution in [3.8, 4) is 0 Å². The van der Waals surface area contributed by atoms with Crippen LogP contribution in [0.15, 0.2) is 27.8 Å². The second-order valence-corrected chi connectivity index (χ2v) is 6.98. The highest BCUT2D eigenvalue weighted by Gasteiger charge is 2.21. The van der Waals surface area contributed by atoms with E-state index < -0.39 is 9.84 Å². The van der Waals surface area contributed by atoms with E-state index in [1.807, 2.05) is 13.8 Å². The Morgan fingerprint density at radius 1 is 1.40 bits per heavy atom. The number of hydrogen-bond acceptors (Lipinski definition) is 6. The fraction of sp³-hybridized carbons (Fsp3) is 0.462. The van der Waals surface area contributed by atoms with Gasteiger partial charge in [-0.25, -0.2) is 8.42 Å². The summed E-state index contributed by atoms with van der Waals surface area (Å²) in [6, 6.07) is 4.83. The number of anilines is 1. The van der Waals surface area contributed by atoms with Gasteiger partial charge in [0.1, 0.15) is 5.52 Å². The van der Waals surface area contributed by atoms with Crippen LogP contribution in [0.3, 0.4) is 0 Å². The first-order chi connectivity index (χ1) is 9.38. The SMILES string of the molecule is CC(C)COCCS(=O)(=O)c1nc2ccc(N)cc2o1. The van der Waals surface area contributed by atoms with Gasteiger partial charge in [0.2, 0.25) is 9.84 Å². The molecule has 0 radical (unpaired) electrons. The third-order valence-electron chi connectivity index (χ3n) is 2.61. The molecule has 0 unspecified atom stereocenters. The molecule has 1 heterocycles. The van der Waals surface area contributed by atoms with Gasteiger partial charge in [0.25, 0.3) is 0 Å². The fourth-order valence-corrected chi connectivity index (χ4v) is 2.59. The highest BCUT2D eigenvalue weighted by Crippen LogP contribution is 2.21. The number of aromatic nitrogens is 1. The summed E-state index contributed by atoms with van der Waals surface area (Å²) in [5, 5.41) is -0.286. The second kappa shape index (κ2) is 5.80. The summed E-state index contributed by atoms with van der Waals surface area (Å²) in [6.07, 6.45) is 0. The molecule has 2 N–H and O–H groups in total. The zero-order valence-electron chi connectivity index (χ0n) is 11.5. The molecule has 1 aromatic carbocycles. The van der Waals surface area contributed by atoms with Crippen LogP contribution >= 0.6 is 0 Å². The zero-order valence-corrected chi connectivity index (χ0v) is 12.3. The number of benzene rings is 1. The lowest BCUT2D eigenvalue weighted by molar-refractivity contribution is 0.123. The van der Waals surface area contributed by atoms with E-state index in [2.05, 4.69) is 4.98 Å². The van der Waals surface area contributed by atoms with Crippen LogP contribution in [0.5, 0.6) is 0 Å². The molecule has 0 saturated carbocycles. The minimum absolute atomic E-state index is 0.126. The minimum atomic E-state index is -3.58. The lowest BCUT2D eigenvalue weighted by Gasteiger charge is -2.05. The predicted octanol–water partition coefficient (Wildman–Crippen LogP) is 1.86. The number of oxazole rings is 1. The van der Waals surface area contributed by atoms with Gasteiger partial charge in [-0.3, -0.25) is 0 Å². The maximum atomic E-state index is 12.1. The second-order valence-electron chi connectivity index (χ2n) is 4.99. The Bertz CT molecular complexity index is 691. The molecule has 0 amide bonds. The van der Waals surface area contributed by atoms with Gasteiger partial charge in [0.05, 0.1) is 12.4 Å². The van der Waals surface area contributed by atoms with Crippen LogP contribution in [-0.4, -0.2) is 32.4 Å². The quantitative estimate of drug-likeness (QED) is 0.646. The zero-order chi connectivity index (χ0) is 14.8. The number of nitrogens with two attached hydrogens (primary N) is 1. The van der Waals surface area contributed by atoms with E-state index in [4.69, 9.17) is 14.9 Å². The van der Waals surface area contributed by atoms with Gasteiger partial charge in [-0.1, -0.05) is 13.8 Å². The van der Waals surface area contributed by atoms with E-state index in [9.17, 15) is 8.42 Å². The molecule has 6 nitrogen and oxygen atoms in total. The van der Waals surface area contributed by atoms with E-state index in [1.165, 1.54) is 0 Å². The summed E-state index contributed by atoms with van der Waals surface area (Å²) in [4.78, 5) is 3.97.